The predicted octanol–water partition coefficient (Wildman–Crippen LogP) is 0.547. The summed E-state index contributed by atoms with van der Waals surface area (Å²) in [7, 11) is 0. The van der Waals surface area contributed by atoms with Crippen LogP contribution in [0.1, 0.15) is 5.69 Å². The van der Waals surface area contributed by atoms with Crippen molar-refractivity contribution in [2.75, 3.05) is 11.2 Å². The van der Waals surface area contributed by atoms with Gasteiger partial charge in [0.25, 0.3) is 5.56 Å². The number of fused-ring (bicyclic) bond motifs is 1. The second kappa shape index (κ2) is 4.37. The Bertz CT molecular complexity index is 542. The minimum absolute atomic E-state index is 0.111. The van der Waals surface area contributed by atoms with E-state index in [2.05, 4.69) is 15.5 Å². The van der Waals surface area contributed by atoms with E-state index in [0.717, 1.165) is 0 Å². The first-order chi connectivity index (χ1) is 7.70. The van der Waals surface area contributed by atoms with Crippen molar-refractivity contribution < 1.29 is 0 Å². The number of nitrogens with one attached hydrogen (secondary N) is 1. The molecule has 6 nitrogen and oxygen atoms in total. The summed E-state index contributed by atoms with van der Waals surface area (Å²) >= 11 is 1.31. The van der Waals surface area contributed by atoms with Crippen LogP contribution in [0.25, 0.3) is 0 Å². The molecule has 0 atom stereocenters. The van der Waals surface area contributed by atoms with Crippen molar-refractivity contribution in [2.24, 2.45) is 5.10 Å². The maximum atomic E-state index is 11.7. The summed E-state index contributed by atoms with van der Waals surface area (Å²) in [6, 6.07) is 3.49. The molecule has 0 aromatic carbocycles. The topological polar surface area (TPSA) is 83.1 Å². The molecule has 16 heavy (non-hydrogen) atoms. The second-order valence-electron chi connectivity index (χ2n) is 3.21. The molecule has 2 heterocycles. The van der Waals surface area contributed by atoms with Gasteiger partial charge in [0.05, 0.1) is 18.4 Å². The van der Waals surface area contributed by atoms with Crippen molar-refractivity contribution in [2.45, 2.75) is 13.5 Å². The maximum Gasteiger partial charge on any atom is 0.255 e. The van der Waals surface area contributed by atoms with E-state index in [1.807, 2.05) is 6.07 Å². The summed E-state index contributed by atoms with van der Waals surface area (Å²) in [6.45, 7) is 2.13. The minimum Gasteiger partial charge on any atom is -0.271 e. The average molecular weight is 235 g/mol. The number of aromatic nitrogens is 2. The molecule has 1 aromatic rings. The fourth-order valence-electron chi connectivity index (χ4n) is 1.34. The number of nitrogens with zero attached hydrogens (tertiary/aromatic N) is 4. The lowest BCUT2D eigenvalue weighted by atomic mass is 10.4. The van der Waals surface area contributed by atoms with Gasteiger partial charge in [-0.05, 0) is 6.92 Å². The Labute approximate surface area is 96.0 Å². The fourth-order valence-corrected chi connectivity index (χ4v) is 1.90. The number of hydrogen-bond acceptors (Lipinski definition) is 6. The van der Waals surface area contributed by atoms with Crippen LogP contribution in [0.5, 0.6) is 0 Å². The molecule has 1 aliphatic rings. The first-order valence-electron chi connectivity index (χ1n) is 4.61. The number of hydrazone groups is 1. The van der Waals surface area contributed by atoms with Gasteiger partial charge in [0.1, 0.15) is 5.04 Å². The van der Waals surface area contributed by atoms with Gasteiger partial charge in [-0.15, -0.1) is 0 Å². The monoisotopic (exact) mass is 235 g/mol. The summed E-state index contributed by atoms with van der Waals surface area (Å²) < 4.78 is 1.50. The highest BCUT2D eigenvalue weighted by Crippen LogP contribution is 2.13. The van der Waals surface area contributed by atoms with E-state index in [4.69, 9.17) is 5.26 Å². The normalized spacial score (nSPS) is 13.4. The molecule has 1 aromatic heterocycles. The lowest BCUT2D eigenvalue weighted by molar-refractivity contribution is 0.763. The Morgan fingerprint density at radius 1 is 1.75 bits per heavy atom. The number of rotatable bonds is 1. The number of aryl methyl sites for hydroxylation is 1. The number of hydrogen-bond donors (Lipinski definition) is 1. The largest absolute Gasteiger partial charge is 0.271 e. The van der Waals surface area contributed by atoms with Crippen LogP contribution in [-0.4, -0.2) is 20.3 Å². The van der Waals surface area contributed by atoms with E-state index in [1.165, 1.54) is 22.4 Å². The zero-order valence-corrected chi connectivity index (χ0v) is 9.41. The number of nitriles is 1. The van der Waals surface area contributed by atoms with Crippen LogP contribution in [0, 0.1) is 18.3 Å². The quantitative estimate of drug-likeness (QED) is 0.768. The Morgan fingerprint density at radius 3 is 3.31 bits per heavy atom. The molecule has 0 amide bonds. The Hall–Kier alpha value is -1.81. The van der Waals surface area contributed by atoms with Gasteiger partial charge in [0, 0.05) is 11.8 Å². The first-order valence-corrected chi connectivity index (χ1v) is 5.60. The third-order valence-corrected chi connectivity index (χ3v) is 2.84. The van der Waals surface area contributed by atoms with Crippen molar-refractivity contribution in [3.05, 3.63) is 22.1 Å². The van der Waals surface area contributed by atoms with Gasteiger partial charge in [-0.25, -0.2) is 10.4 Å². The molecule has 1 N–H and O–H groups in total. The minimum atomic E-state index is -0.111. The van der Waals surface area contributed by atoms with E-state index in [1.54, 1.807) is 6.92 Å². The van der Waals surface area contributed by atoms with Crippen LogP contribution in [0.4, 0.5) is 5.95 Å². The standard InChI is InChI=1S/C9H9N5OS/c1-6-4-8(15)14-5-7(16-3-2-10)12-13-9(14)11-6/h4H,3,5H2,1H3,(H,11,13). The molecule has 0 fully saturated rings. The summed E-state index contributed by atoms with van der Waals surface area (Å²) in [4.78, 5) is 15.8. The third-order valence-electron chi connectivity index (χ3n) is 2.01. The molecule has 0 saturated carbocycles. The molecule has 7 heteroatoms. The average Bonchev–Trinajstić information content (AvgIpc) is 2.26. The number of anilines is 1. The summed E-state index contributed by atoms with van der Waals surface area (Å²) in [5, 5.41) is 13.2. The van der Waals surface area contributed by atoms with Crippen molar-refractivity contribution in [3.63, 3.8) is 0 Å². The molecule has 1 aliphatic heterocycles. The molecule has 0 unspecified atom stereocenters. The van der Waals surface area contributed by atoms with Crippen molar-refractivity contribution in [3.8, 4) is 6.07 Å². The van der Waals surface area contributed by atoms with E-state index in [-0.39, 0.29) is 5.56 Å². The van der Waals surface area contributed by atoms with Gasteiger partial charge in [0.2, 0.25) is 5.95 Å². The summed E-state index contributed by atoms with van der Waals surface area (Å²) in [5.41, 5.74) is 3.26. The van der Waals surface area contributed by atoms with Crippen molar-refractivity contribution >= 4 is 22.8 Å². The van der Waals surface area contributed by atoms with Crippen LogP contribution >= 0.6 is 11.8 Å². The van der Waals surface area contributed by atoms with Crippen molar-refractivity contribution in [1.29, 1.82) is 5.26 Å². The smallest absolute Gasteiger partial charge is 0.255 e. The number of thioether (sulfide) groups is 1. The predicted molar refractivity (Wildman–Crippen MR) is 62.4 cm³/mol. The second-order valence-corrected chi connectivity index (χ2v) is 4.26. The lowest BCUT2D eigenvalue weighted by Crippen LogP contribution is -2.30. The van der Waals surface area contributed by atoms with Gasteiger partial charge < -0.3 is 0 Å². The van der Waals surface area contributed by atoms with E-state index >= 15 is 0 Å². The zero-order valence-electron chi connectivity index (χ0n) is 8.60. The molecular weight excluding hydrogens is 226 g/mol. The third kappa shape index (κ3) is 2.06. The molecular formula is C9H9N5OS. The molecule has 82 valence electrons. The highest BCUT2D eigenvalue weighted by molar-refractivity contribution is 8.14. The molecule has 0 spiro atoms. The molecule has 0 saturated heterocycles. The lowest BCUT2D eigenvalue weighted by Gasteiger charge is -2.17. The first kappa shape index (κ1) is 10.7. The molecule has 0 aliphatic carbocycles. The highest BCUT2D eigenvalue weighted by atomic mass is 32.2. The van der Waals surface area contributed by atoms with Crippen molar-refractivity contribution in [1.82, 2.24) is 9.55 Å². The van der Waals surface area contributed by atoms with E-state index in [0.29, 0.717) is 29.0 Å². The SMILES string of the molecule is Cc1cc(=O)n2c(n1)NN=C(SCC#N)C2. The van der Waals surface area contributed by atoms with Gasteiger partial charge in [-0.3, -0.25) is 9.36 Å². The van der Waals surface area contributed by atoms with Crippen LogP contribution in [0.15, 0.2) is 16.0 Å². The highest BCUT2D eigenvalue weighted by Gasteiger charge is 2.14. The van der Waals surface area contributed by atoms with Gasteiger partial charge in [-0.2, -0.15) is 10.4 Å². The molecule has 2 rings (SSSR count). The fraction of sp³-hybridized carbons (Fsp3) is 0.333. The van der Waals surface area contributed by atoms with E-state index < -0.39 is 0 Å². The van der Waals surface area contributed by atoms with Crippen LogP contribution in [-0.2, 0) is 6.54 Å². The molecule has 0 bridgehead atoms. The Balaban J connectivity index is 2.27. The maximum absolute atomic E-state index is 11.7. The Kier molecular flexibility index (Phi) is 2.92. The molecule has 0 radical (unpaired) electrons. The van der Waals surface area contributed by atoms with Gasteiger partial charge in [-0.1, -0.05) is 11.8 Å². The van der Waals surface area contributed by atoms with Crippen LogP contribution in [0.2, 0.25) is 0 Å². The zero-order chi connectivity index (χ0) is 11.5. The Morgan fingerprint density at radius 2 is 2.56 bits per heavy atom. The van der Waals surface area contributed by atoms with E-state index in [9.17, 15) is 4.79 Å². The van der Waals surface area contributed by atoms with Gasteiger partial charge in [0.15, 0.2) is 0 Å². The van der Waals surface area contributed by atoms with Crippen LogP contribution in [0.3, 0.4) is 0 Å². The van der Waals surface area contributed by atoms with Crippen LogP contribution < -0.4 is 11.0 Å². The summed E-state index contributed by atoms with van der Waals surface area (Å²) in [6.07, 6.45) is 0. The summed E-state index contributed by atoms with van der Waals surface area (Å²) in [5.74, 6) is 0.774. The van der Waals surface area contributed by atoms with Gasteiger partial charge >= 0.3 is 0 Å².